The summed E-state index contributed by atoms with van der Waals surface area (Å²) in [7, 11) is -4.28. The molecule has 1 aromatic carbocycles. The first-order valence-electron chi connectivity index (χ1n) is 7.62. The van der Waals surface area contributed by atoms with Crippen LogP contribution in [0.4, 0.5) is 0 Å². The van der Waals surface area contributed by atoms with E-state index in [-0.39, 0.29) is 23.6 Å². The summed E-state index contributed by atoms with van der Waals surface area (Å²) in [6.45, 7) is 12.5. The summed E-state index contributed by atoms with van der Waals surface area (Å²) < 4.78 is 32.9. The minimum Gasteiger partial charge on any atom is -0.344 e. The molecule has 1 rings (SSSR count). The molecule has 0 aliphatic carbocycles. The fourth-order valence-corrected chi connectivity index (χ4v) is 3.71. The highest BCUT2D eigenvalue weighted by Crippen LogP contribution is 2.30. The molecule has 142 valence electrons. The van der Waals surface area contributed by atoms with E-state index in [0.29, 0.717) is 29.5 Å². The topological polar surface area (TPSA) is 128 Å². The summed E-state index contributed by atoms with van der Waals surface area (Å²) in [5.74, 6) is -0.373. The Hall–Kier alpha value is -1.74. The lowest BCUT2D eigenvalue weighted by Crippen LogP contribution is -2.24. The Bertz CT molecular complexity index is 770. The van der Waals surface area contributed by atoms with Gasteiger partial charge in [0.25, 0.3) is 16.0 Å². The van der Waals surface area contributed by atoms with Crippen molar-refractivity contribution in [1.82, 2.24) is 11.6 Å². The molecule has 0 saturated heterocycles. The molecule has 1 aromatic rings. The molecule has 0 aliphatic heterocycles. The Balaban J connectivity index is 0.00000576. The van der Waals surface area contributed by atoms with Crippen LogP contribution in [0.15, 0.2) is 17.0 Å². The summed E-state index contributed by atoms with van der Waals surface area (Å²) in [5, 5.41) is 0. The zero-order valence-electron chi connectivity index (χ0n) is 15.5. The van der Waals surface area contributed by atoms with E-state index in [9.17, 15) is 17.8 Å². The van der Waals surface area contributed by atoms with Gasteiger partial charge >= 0.3 is 0 Å². The number of carbonyl (C=O) groups excluding carboxylic acids is 1. The lowest BCUT2D eigenvalue weighted by Gasteiger charge is -2.19. The second-order valence-corrected chi connectivity index (χ2v) is 7.30. The molecule has 25 heavy (non-hydrogen) atoms. The van der Waals surface area contributed by atoms with Gasteiger partial charge in [0.05, 0.1) is 6.61 Å². The second kappa shape index (κ2) is 9.10. The molecular formula is C17H28N2O5S. The predicted molar refractivity (Wildman–Crippen MR) is 97.5 cm³/mol. The van der Waals surface area contributed by atoms with Crippen LogP contribution in [0, 0.1) is 27.7 Å². The highest BCUT2D eigenvalue weighted by Gasteiger charge is 2.22. The molecule has 0 unspecified atom stereocenters. The number of hydroxylamine groups is 1. The zero-order chi connectivity index (χ0) is 18.7. The van der Waals surface area contributed by atoms with Crippen molar-refractivity contribution < 1.29 is 22.6 Å². The van der Waals surface area contributed by atoms with Gasteiger partial charge in [-0.05, 0) is 75.3 Å². The third-order valence-electron chi connectivity index (χ3n) is 4.20. The Morgan fingerprint density at radius 3 is 2.16 bits per heavy atom. The van der Waals surface area contributed by atoms with Crippen LogP contribution in [-0.2, 0) is 26.2 Å². The molecule has 0 saturated carbocycles. The number of nitrogens with one attached hydrogen (secondary N) is 1. The van der Waals surface area contributed by atoms with Crippen LogP contribution >= 0.6 is 0 Å². The molecular weight excluding hydrogens is 344 g/mol. The van der Waals surface area contributed by atoms with Crippen LogP contribution in [0.25, 0.3) is 0 Å². The van der Waals surface area contributed by atoms with E-state index in [1.54, 1.807) is 20.8 Å². The highest BCUT2D eigenvalue weighted by atomic mass is 32.2. The van der Waals surface area contributed by atoms with Crippen molar-refractivity contribution in [2.24, 2.45) is 0 Å². The van der Waals surface area contributed by atoms with Gasteiger partial charge in [0.2, 0.25) is 0 Å². The van der Waals surface area contributed by atoms with Gasteiger partial charge in [-0.1, -0.05) is 6.58 Å². The first-order valence-corrected chi connectivity index (χ1v) is 9.06. The Morgan fingerprint density at radius 1 is 1.12 bits per heavy atom. The molecule has 0 spiro atoms. The molecule has 0 fully saturated rings. The Morgan fingerprint density at radius 2 is 1.68 bits per heavy atom. The monoisotopic (exact) mass is 372 g/mol. The van der Waals surface area contributed by atoms with Crippen LogP contribution in [0.2, 0.25) is 0 Å². The number of benzene rings is 1. The van der Waals surface area contributed by atoms with Gasteiger partial charge in [-0.3, -0.25) is 14.2 Å². The van der Waals surface area contributed by atoms with Gasteiger partial charge in [-0.2, -0.15) is 8.42 Å². The van der Waals surface area contributed by atoms with Crippen LogP contribution in [-0.4, -0.2) is 25.5 Å². The van der Waals surface area contributed by atoms with Crippen LogP contribution in [0.5, 0.6) is 0 Å². The van der Waals surface area contributed by atoms with Gasteiger partial charge in [0.1, 0.15) is 4.90 Å². The fraction of sp³-hybridized carbons (Fsp3) is 0.471. The van der Waals surface area contributed by atoms with Gasteiger partial charge in [0, 0.05) is 5.57 Å². The average Bonchev–Trinajstić information content (AvgIpc) is 2.46. The van der Waals surface area contributed by atoms with Gasteiger partial charge < -0.3 is 6.15 Å². The van der Waals surface area contributed by atoms with E-state index in [1.165, 1.54) is 0 Å². The number of carbonyl (C=O) groups is 1. The highest BCUT2D eigenvalue weighted by molar-refractivity contribution is 7.86. The van der Waals surface area contributed by atoms with Crippen molar-refractivity contribution in [2.75, 3.05) is 6.61 Å². The van der Waals surface area contributed by atoms with Gasteiger partial charge in [0.15, 0.2) is 0 Å². The third kappa shape index (κ3) is 5.64. The molecule has 0 atom stereocenters. The maximum atomic E-state index is 11.7. The van der Waals surface area contributed by atoms with Gasteiger partial charge in [-0.15, -0.1) is 0 Å². The fourth-order valence-electron chi connectivity index (χ4n) is 2.66. The molecule has 7 nitrogen and oxygen atoms in total. The smallest absolute Gasteiger partial charge is 0.295 e. The van der Waals surface area contributed by atoms with Crippen molar-refractivity contribution in [3.8, 4) is 0 Å². The minimum absolute atomic E-state index is 0. The Kier molecular flexibility index (Phi) is 8.46. The molecule has 0 radical (unpaired) electrons. The van der Waals surface area contributed by atoms with Crippen molar-refractivity contribution in [2.45, 2.75) is 52.4 Å². The number of amides is 1. The van der Waals surface area contributed by atoms with E-state index in [4.69, 9.17) is 4.84 Å². The molecule has 8 heteroatoms. The van der Waals surface area contributed by atoms with E-state index < -0.39 is 10.1 Å². The SMILES string of the molecule is C=C(C)C(=O)NOCCCc1c(C)c(C)c(C)c(S(=O)(=O)O)c1C.N. The van der Waals surface area contributed by atoms with Gasteiger partial charge in [-0.25, -0.2) is 5.48 Å². The molecule has 0 bridgehead atoms. The maximum absolute atomic E-state index is 11.7. The van der Waals surface area contributed by atoms with Crippen LogP contribution < -0.4 is 11.6 Å². The van der Waals surface area contributed by atoms with E-state index in [2.05, 4.69) is 12.1 Å². The van der Waals surface area contributed by atoms with Crippen LogP contribution in [0.1, 0.15) is 41.2 Å². The quantitative estimate of drug-likeness (QED) is 0.292. The normalized spacial score (nSPS) is 11.0. The molecule has 0 aromatic heterocycles. The van der Waals surface area contributed by atoms with E-state index >= 15 is 0 Å². The zero-order valence-corrected chi connectivity index (χ0v) is 16.3. The average molecular weight is 372 g/mol. The standard InChI is InChI=1S/C17H25NO5S.H3N/c1-10(2)17(19)18-23-9-7-8-15-12(4)11(3)13(5)16(14(15)6)24(20,21)22;/h1,7-9H2,2-6H3,(H,18,19)(H,20,21,22);1H3. The summed E-state index contributed by atoms with van der Waals surface area (Å²) in [6, 6.07) is 0. The third-order valence-corrected chi connectivity index (χ3v) is 5.32. The van der Waals surface area contributed by atoms with Crippen molar-refractivity contribution >= 4 is 16.0 Å². The predicted octanol–water partition coefficient (Wildman–Crippen LogP) is 2.89. The molecule has 1 amide bonds. The van der Waals surface area contributed by atoms with Crippen molar-refractivity contribution in [3.63, 3.8) is 0 Å². The lowest BCUT2D eigenvalue weighted by molar-refractivity contribution is -0.129. The largest absolute Gasteiger partial charge is 0.344 e. The summed E-state index contributed by atoms with van der Waals surface area (Å²) in [6.07, 6.45) is 1.16. The van der Waals surface area contributed by atoms with Crippen LogP contribution in [0.3, 0.4) is 0 Å². The van der Waals surface area contributed by atoms with E-state index in [0.717, 1.165) is 16.7 Å². The molecule has 5 N–H and O–H groups in total. The summed E-state index contributed by atoms with van der Waals surface area (Å²) in [5.41, 5.74) is 6.49. The molecule has 0 heterocycles. The number of hydrogen-bond acceptors (Lipinski definition) is 5. The summed E-state index contributed by atoms with van der Waals surface area (Å²) in [4.78, 5) is 16.4. The maximum Gasteiger partial charge on any atom is 0.295 e. The van der Waals surface area contributed by atoms with Crippen molar-refractivity contribution in [1.29, 1.82) is 0 Å². The minimum atomic E-state index is -4.28. The van der Waals surface area contributed by atoms with Crippen molar-refractivity contribution in [3.05, 3.63) is 40.0 Å². The number of rotatable bonds is 7. The first kappa shape index (κ1) is 23.3. The second-order valence-electron chi connectivity index (χ2n) is 5.95. The lowest BCUT2D eigenvalue weighted by atomic mass is 9.91. The molecule has 0 aliphatic rings. The summed E-state index contributed by atoms with van der Waals surface area (Å²) >= 11 is 0. The first-order chi connectivity index (χ1) is 11.0. The number of hydrogen-bond donors (Lipinski definition) is 3. The van der Waals surface area contributed by atoms with E-state index in [1.807, 2.05) is 13.8 Å². The Labute approximate surface area is 149 Å².